The lowest BCUT2D eigenvalue weighted by Crippen LogP contribution is -2.11. The van der Waals surface area contributed by atoms with Crippen molar-refractivity contribution in [1.82, 2.24) is 4.57 Å². The number of aromatic nitrogens is 1. The number of benzene rings is 3. The summed E-state index contributed by atoms with van der Waals surface area (Å²) in [6.07, 6.45) is 1.82. The Labute approximate surface area is 165 Å². The average molecular weight is 396 g/mol. The van der Waals surface area contributed by atoms with Crippen molar-refractivity contribution in [2.24, 2.45) is 5.73 Å². The van der Waals surface area contributed by atoms with Crippen LogP contribution in [0.5, 0.6) is 0 Å². The molecular weight excluding hydrogens is 377 g/mol. The van der Waals surface area contributed by atoms with Gasteiger partial charge in [0, 0.05) is 27.4 Å². The van der Waals surface area contributed by atoms with E-state index < -0.39 is 23.4 Å². The lowest BCUT2D eigenvalue weighted by Gasteiger charge is -2.10. The Bertz CT molecular complexity index is 1260. The van der Waals surface area contributed by atoms with E-state index in [0.717, 1.165) is 35.4 Å². The number of nitrogens with two attached hydrogens (primary N) is 1. The van der Waals surface area contributed by atoms with Crippen LogP contribution < -0.4 is 5.73 Å². The molecular formula is C23H19F3N2O. The number of hydrogen-bond acceptors (Lipinski definition) is 1. The number of rotatable bonds is 5. The van der Waals surface area contributed by atoms with Crippen LogP contribution in [0.25, 0.3) is 21.8 Å². The Morgan fingerprint density at radius 1 is 1.00 bits per heavy atom. The zero-order valence-electron chi connectivity index (χ0n) is 15.8. The lowest BCUT2D eigenvalue weighted by atomic mass is 10.0. The molecule has 0 spiro atoms. The van der Waals surface area contributed by atoms with Crippen molar-refractivity contribution in [2.75, 3.05) is 0 Å². The summed E-state index contributed by atoms with van der Waals surface area (Å²) >= 11 is 0. The van der Waals surface area contributed by atoms with Crippen LogP contribution in [0, 0.1) is 17.5 Å². The smallest absolute Gasteiger partial charge is 0.249 e. The van der Waals surface area contributed by atoms with E-state index >= 15 is 0 Å². The van der Waals surface area contributed by atoms with Crippen LogP contribution in [0.3, 0.4) is 0 Å². The lowest BCUT2D eigenvalue weighted by molar-refractivity contribution is 0.100. The number of nitrogens with zero attached hydrogens (tertiary/aromatic N) is 1. The van der Waals surface area contributed by atoms with Crippen LogP contribution in [0.1, 0.15) is 34.8 Å². The molecule has 0 bridgehead atoms. The maximum absolute atomic E-state index is 14.4. The third-order valence-electron chi connectivity index (χ3n) is 5.20. The van der Waals surface area contributed by atoms with Gasteiger partial charge in [0.15, 0.2) is 17.5 Å². The maximum atomic E-state index is 14.4. The minimum atomic E-state index is -1.49. The molecule has 0 saturated carbocycles. The summed E-state index contributed by atoms with van der Waals surface area (Å²) in [4.78, 5) is 12.0. The van der Waals surface area contributed by atoms with Crippen LogP contribution in [-0.4, -0.2) is 10.5 Å². The molecule has 4 rings (SSSR count). The SMILES string of the molecule is CCCc1ccc2c3c(C(N)=O)cccc3n(Cc3ccc(F)c(F)c3F)c2c1. The largest absolute Gasteiger partial charge is 0.366 e. The maximum Gasteiger partial charge on any atom is 0.249 e. The van der Waals surface area contributed by atoms with E-state index in [1.165, 1.54) is 6.07 Å². The molecule has 1 aromatic heterocycles. The van der Waals surface area contributed by atoms with E-state index in [1.54, 1.807) is 18.2 Å². The minimum Gasteiger partial charge on any atom is -0.366 e. The molecule has 4 aromatic rings. The highest BCUT2D eigenvalue weighted by Crippen LogP contribution is 2.33. The Balaban J connectivity index is 2.02. The molecule has 0 saturated heterocycles. The fraction of sp³-hybridized carbons (Fsp3) is 0.174. The van der Waals surface area contributed by atoms with Gasteiger partial charge in [-0.25, -0.2) is 13.2 Å². The van der Waals surface area contributed by atoms with Gasteiger partial charge in [0.25, 0.3) is 0 Å². The molecule has 6 heteroatoms. The van der Waals surface area contributed by atoms with E-state index in [4.69, 9.17) is 5.73 Å². The summed E-state index contributed by atoms with van der Waals surface area (Å²) in [5, 5.41) is 1.47. The van der Waals surface area contributed by atoms with Gasteiger partial charge in [-0.05, 0) is 36.2 Å². The van der Waals surface area contributed by atoms with Crippen molar-refractivity contribution in [3.05, 3.63) is 82.7 Å². The first-order chi connectivity index (χ1) is 13.9. The zero-order valence-corrected chi connectivity index (χ0v) is 15.8. The van der Waals surface area contributed by atoms with Crippen molar-refractivity contribution in [3.8, 4) is 0 Å². The highest BCUT2D eigenvalue weighted by molar-refractivity contribution is 6.17. The Morgan fingerprint density at radius 3 is 2.52 bits per heavy atom. The van der Waals surface area contributed by atoms with Crippen LogP contribution in [0.15, 0.2) is 48.5 Å². The van der Waals surface area contributed by atoms with E-state index in [0.29, 0.717) is 16.5 Å². The molecule has 0 unspecified atom stereocenters. The highest BCUT2D eigenvalue weighted by Gasteiger charge is 2.19. The monoisotopic (exact) mass is 396 g/mol. The fourth-order valence-corrected chi connectivity index (χ4v) is 3.87. The topological polar surface area (TPSA) is 48.0 Å². The van der Waals surface area contributed by atoms with Gasteiger partial charge >= 0.3 is 0 Å². The normalized spacial score (nSPS) is 11.4. The molecule has 3 aromatic carbocycles. The molecule has 0 atom stereocenters. The van der Waals surface area contributed by atoms with Crippen molar-refractivity contribution in [1.29, 1.82) is 0 Å². The van der Waals surface area contributed by atoms with E-state index in [1.807, 2.05) is 22.8 Å². The number of primary amides is 1. The third-order valence-corrected chi connectivity index (χ3v) is 5.20. The number of hydrogen-bond donors (Lipinski definition) is 1. The summed E-state index contributed by atoms with van der Waals surface area (Å²) in [5.41, 5.74) is 8.50. The van der Waals surface area contributed by atoms with Gasteiger partial charge in [0.2, 0.25) is 5.91 Å². The Morgan fingerprint density at radius 2 is 1.79 bits per heavy atom. The number of amides is 1. The number of halogens is 3. The Hall–Kier alpha value is -3.28. The van der Waals surface area contributed by atoms with Gasteiger partial charge < -0.3 is 10.3 Å². The van der Waals surface area contributed by atoms with Crippen molar-refractivity contribution in [2.45, 2.75) is 26.3 Å². The second-order valence-corrected chi connectivity index (χ2v) is 7.09. The second-order valence-electron chi connectivity index (χ2n) is 7.09. The van der Waals surface area contributed by atoms with Gasteiger partial charge in [-0.3, -0.25) is 4.79 Å². The molecule has 0 aliphatic carbocycles. The summed E-state index contributed by atoms with van der Waals surface area (Å²) in [6, 6.07) is 13.2. The van der Waals surface area contributed by atoms with Gasteiger partial charge in [-0.1, -0.05) is 37.6 Å². The first-order valence-electron chi connectivity index (χ1n) is 9.38. The molecule has 0 radical (unpaired) electrons. The molecule has 29 heavy (non-hydrogen) atoms. The number of carbonyl (C=O) groups is 1. The van der Waals surface area contributed by atoms with Crippen molar-refractivity contribution >= 4 is 27.7 Å². The molecule has 148 valence electrons. The fourth-order valence-electron chi connectivity index (χ4n) is 3.87. The predicted molar refractivity (Wildman–Crippen MR) is 107 cm³/mol. The van der Waals surface area contributed by atoms with Gasteiger partial charge in [-0.15, -0.1) is 0 Å². The molecule has 1 heterocycles. The number of fused-ring (bicyclic) bond motifs is 3. The first-order valence-corrected chi connectivity index (χ1v) is 9.38. The quantitative estimate of drug-likeness (QED) is 0.457. The number of carbonyl (C=O) groups excluding carboxylic acids is 1. The van der Waals surface area contributed by atoms with Crippen molar-refractivity contribution in [3.63, 3.8) is 0 Å². The standard InChI is InChI=1S/C23H19F3N2O/c1-2-4-13-7-9-15-19(11-13)28(12-14-8-10-17(24)22(26)21(14)25)18-6-3-5-16(20(15)18)23(27)29/h3,5-11H,2,4,12H2,1H3,(H2,27,29). The van der Waals surface area contributed by atoms with Crippen molar-refractivity contribution < 1.29 is 18.0 Å². The molecule has 2 N–H and O–H groups in total. The van der Waals surface area contributed by atoms with E-state index in [2.05, 4.69) is 6.92 Å². The summed E-state index contributed by atoms with van der Waals surface area (Å²) < 4.78 is 43.3. The predicted octanol–water partition coefficient (Wildman–Crippen LogP) is 5.31. The average Bonchev–Trinajstić information content (AvgIpc) is 3.01. The highest BCUT2D eigenvalue weighted by atomic mass is 19.2. The summed E-state index contributed by atoms with van der Waals surface area (Å²) in [7, 11) is 0. The zero-order chi connectivity index (χ0) is 20.7. The third kappa shape index (κ3) is 3.14. The first kappa shape index (κ1) is 19.1. The molecule has 0 aliphatic rings. The van der Waals surface area contributed by atoms with Crippen LogP contribution in [0.4, 0.5) is 13.2 Å². The Kier molecular flexibility index (Phi) is 4.78. The van der Waals surface area contributed by atoms with Crippen LogP contribution in [0.2, 0.25) is 0 Å². The molecule has 0 fully saturated rings. The van der Waals surface area contributed by atoms with E-state index in [-0.39, 0.29) is 12.1 Å². The summed E-state index contributed by atoms with van der Waals surface area (Å²) in [5.74, 6) is -4.50. The molecule has 1 amide bonds. The van der Waals surface area contributed by atoms with Gasteiger partial charge in [-0.2, -0.15) is 0 Å². The molecule has 3 nitrogen and oxygen atoms in total. The molecule has 0 aliphatic heterocycles. The number of aryl methyl sites for hydroxylation is 1. The van der Waals surface area contributed by atoms with Gasteiger partial charge in [0.05, 0.1) is 12.1 Å². The minimum absolute atomic E-state index is 0.0131. The summed E-state index contributed by atoms with van der Waals surface area (Å²) in [6.45, 7) is 2.06. The van der Waals surface area contributed by atoms with Crippen LogP contribution >= 0.6 is 0 Å². The second kappa shape index (κ2) is 7.28. The van der Waals surface area contributed by atoms with E-state index in [9.17, 15) is 18.0 Å². The van der Waals surface area contributed by atoms with Gasteiger partial charge in [0.1, 0.15) is 0 Å². The van der Waals surface area contributed by atoms with Crippen LogP contribution in [-0.2, 0) is 13.0 Å².